The number of carbonyl (C=O) groups excluding carboxylic acids is 2. The summed E-state index contributed by atoms with van der Waals surface area (Å²) < 4.78 is 104. The first-order chi connectivity index (χ1) is 21.4. The molecule has 45 heavy (non-hydrogen) atoms. The van der Waals surface area contributed by atoms with Gasteiger partial charge in [0.15, 0.2) is 0 Å². The number of amides is 1. The van der Waals surface area contributed by atoms with Gasteiger partial charge in [-0.2, -0.15) is 13.2 Å². The second-order valence-electron chi connectivity index (χ2n) is 10.7. The minimum absolute atomic E-state index is 0.171. The van der Waals surface area contributed by atoms with E-state index in [1.54, 1.807) is 11.4 Å². The van der Waals surface area contributed by atoms with E-state index in [1.165, 1.54) is 36.4 Å². The zero-order valence-electron chi connectivity index (χ0n) is 23.9. The van der Waals surface area contributed by atoms with Crippen molar-refractivity contribution in [2.24, 2.45) is 0 Å². The molecule has 6 nitrogen and oxygen atoms in total. The molecule has 1 amide bonds. The summed E-state index contributed by atoms with van der Waals surface area (Å²) in [5.41, 5.74) is 1.39. The molecule has 3 aromatic carbocycles. The summed E-state index contributed by atoms with van der Waals surface area (Å²) in [5.74, 6) is -3.81. The molecule has 0 bridgehead atoms. The highest BCUT2D eigenvalue weighted by molar-refractivity contribution is 5.82. The quantitative estimate of drug-likeness (QED) is 0.232. The van der Waals surface area contributed by atoms with Gasteiger partial charge in [0.05, 0.1) is 6.10 Å². The number of hydrogen-bond acceptors (Lipinski definition) is 5. The molecule has 0 aliphatic carbocycles. The number of Topliss-reactive ketones (excluding diaryl/α,β-unsaturated/α-hetero) is 1. The van der Waals surface area contributed by atoms with E-state index in [0.717, 1.165) is 12.1 Å². The molecule has 3 atom stereocenters. The number of nitrogens with one attached hydrogen (secondary N) is 2. The van der Waals surface area contributed by atoms with Crippen molar-refractivity contribution in [1.29, 1.82) is 0 Å². The highest BCUT2D eigenvalue weighted by Crippen LogP contribution is 2.31. The minimum atomic E-state index is -4.58. The molecule has 0 radical (unpaired) electrons. The molecule has 13 heteroatoms. The third-order valence-electron chi connectivity index (χ3n) is 7.27. The Labute approximate surface area is 254 Å². The Morgan fingerprint density at radius 1 is 0.911 bits per heavy atom. The first kappa shape index (κ1) is 33.9. The normalized spacial score (nSPS) is 17.5. The van der Waals surface area contributed by atoms with Gasteiger partial charge in [0, 0.05) is 37.9 Å². The van der Waals surface area contributed by atoms with Gasteiger partial charge in [0.1, 0.15) is 48.3 Å². The van der Waals surface area contributed by atoms with Gasteiger partial charge in [-0.15, -0.1) is 0 Å². The molecule has 0 aromatic heterocycles. The average Bonchev–Trinajstić information content (AvgIpc) is 2.97. The van der Waals surface area contributed by atoms with E-state index in [4.69, 9.17) is 9.47 Å². The lowest BCUT2D eigenvalue weighted by Crippen LogP contribution is -2.47. The van der Waals surface area contributed by atoms with E-state index in [1.807, 2.05) is 0 Å². The summed E-state index contributed by atoms with van der Waals surface area (Å²) in [5, 5.41) is 4.69. The van der Waals surface area contributed by atoms with Gasteiger partial charge in [0.2, 0.25) is 0 Å². The fourth-order valence-electron chi connectivity index (χ4n) is 5.20. The van der Waals surface area contributed by atoms with E-state index in [0.29, 0.717) is 30.2 Å². The van der Waals surface area contributed by atoms with Crippen LogP contribution in [-0.2, 0) is 27.1 Å². The number of halogens is 7. The summed E-state index contributed by atoms with van der Waals surface area (Å²) in [6.45, 7) is -1.14. The first-order valence-electron chi connectivity index (χ1n) is 14.2. The topological polar surface area (TPSA) is 76.7 Å². The fraction of sp³-hybridized carbons (Fsp3) is 0.375. The Morgan fingerprint density at radius 2 is 1.60 bits per heavy atom. The van der Waals surface area contributed by atoms with Crippen molar-refractivity contribution in [2.75, 3.05) is 26.2 Å². The zero-order chi connectivity index (χ0) is 32.6. The molecule has 1 heterocycles. The fourth-order valence-corrected chi connectivity index (χ4v) is 5.20. The van der Waals surface area contributed by atoms with Crippen LogP contribution in [0.5, 0.6) is 0 Å². The smallest absolute Gasteiger partial charge is 0.407 e. The van der Waals surface area contributed by atoms with Crippen LogP contribution in [0.1, 0.15) is 41.0 Å². The monoisotopic (exact) mass is 640 g/mol. The summed E-state index contributed by atoms with van der Waals surface area (Å²) in [7, 11) is 0. The van der Waals surface area contributed by atoms with Gasteiger partial charge in [0.25, 0.3) is 0 Å². The van der Waals surface area contributed by atoms with Crippen LogP contribution in [0, 0.1) is 23.3 Å². The average molecular weight is 641 g/mol. The molecule has 0 spiro atoms. The van der Waals surface area contributed by atoms with Crippen molar-refractivity contribution >= 4 is 11.9 Å². The highest BCUT2D eigenvalue weighted by atomic mass is 19.4. The molecule has 242 valence electrons. The van der Waals surface area contributed by atoms with Crippen LogP contribution in [-0.4, -0.2) is 56.5 Å². The second-order valence-corrected chi connectivity index (χ2v) is 10.7. The molecule has 3 aromatic rings. The first-order valence-corrected chi connectivity index (χ1v) is 14.2. The number of ketones is 1. The van der Waals surface area contributed by atoms with Crippen molar-refractivity contribution < 1.29 is 49.8 Å². The lowest BCUT2D eigenvalue weighted by atomic mass is 9.85. The predicted octanol–water partition coefficient (Wildman–Crippen LogP) is 6.15. The largest absolute Gasteiger partial charge is 0.447 e. The summed E-state index contributed by atoms with van der Waals surface area (Å²) in [6.07, 6.45) is -6.76. The van der Waals surface area contributed by atoms with Crippen molar-refractivity contribution in [1.82, 2.24) is 10.6 Å². The lowest BCUT2D eigenvalue weighted by molar-refractivity contribution is -0.124. The molecule has 0 unspecified atom stereocenters. The summed E-state index contributed by atoms with van der Waals surface area (Å²) in [6, 6.07) is 12.5. The van der Waals surface area contributed by atoms with Gasteiger partial charge in [-0.3, -0.25) is 4.79 Å². The van der Waals surface area contributed by atoms with Gasteiger partial charge >= 0.3 is 12.3 Å². The van der Waals surface area contributed by atoms with E-state index >= 15 is 0 Å². The molecule has 1 aliphatic rings. The van der Waals surface area contributed by atoms with Crippen molar-refractivity contribution in [2.45, 2.75) is 50.0 Å². The van der Waals surface area contributed by atoms with Crippen molar-refractivity contribution in [3.8, 4) is 0 Å². The van der Waals surface area contributed by atoms with E-state index < -0.39 is 60.2 Å². The van der Waals surface area contributed by atoms with E-state index in [2.05, 4.69) is 5.32 Å². The molecule has 1 aliphatic heterocycles. The SMILES string of the molecule is O=C(Cc1cccc(F)c1CC[C@@H]1CNC[C@@H](COC(=O)NCC(F)(F)F)O1)C[C@@H](c1ccc(F)cc1)c1cc(F)cc(F)c1. The number of benzene rings is 3. The predicted molar refractivity (Wildman–Crippen MR) is 150 cm³/mol. The Kier molecular flexibility index (Phi) is 11.6. The Bertz CT molecular complexity index is 1450. The third-order valence-corrected chi connectivity index (χ3v) is 7.27. The van der Waals surface area contributed by atoms with Crippen LogP contribution in [0.15, 0.2) is 60.7 Å². The maximum Gasteiger partial charge on any atom is 0.407 e. The van der Waals surface area contributed by atoms with Gasteiger partial charge < -0.3 is 20.1 Å². The van der Waals surface area contributed by atoms with Gasteiger partial charge in [-0.25, -0.2) is 22.4 Å². The van der Waals surface area contributed by atoms with Crippen LogP contribution >= 0.6 is 0 Å². The molecule has 1 saturated heterocycles. The van der Waals surface area contributed by atoms with Gasteiger partial charge in [-0.05, 0) is 65.4 Å². The van der Waals surface area contributed by atoms with E-state index in [9.17, 15) is 40.3 Å². The molecule has 1 fully saturated rings. The Balaban J connectivity index is 1.38. The highest BCUT2D eigenvalue weighted by Gasteiger charge is 2.29. The maximum atomic E-state index is 15.0. The standard InChI is InChI=1S/C32H31F7N2O4/c33-22-6-4-19(5-7-22)29(21-10-23(34)13-24(35)11-21)14-25(42)12-20-2-1-3-30(36)28(20)9-8-26-15-40-16-27(45-26)17-44-31(43)41-18-32(37,38)39/h1-7,10-11,13,26-27,29,40H,8-9,12,14-18H2,(H,41,43)/t26-,27+,29+/m1/s1. The van der Waals surface area contributed by atoms with Crippen LogP contribution in [0.4, 0.5) is 35.5 Å². The number of hydrogen-bond donors (Lipinski definition) is 2. The maximum absolute atomic E-state index is 15.0. The lowest BCUT2D eigenvalue weighted by Gasteiger charge is -2.31. The van der Waals surface area contributed by atoms with Crippen LogP contribution in [0.25, 0.3) is 0 Å². The number of alkyl carbamates (subject to hydrolysis) is 1. The van der Waals surface area contributed by atoms with Crippen molar-refractivity contribution in [3.05, 3.63) is 106 Å². The third kappa shape index (κ3) is 10.6. The van der Waals surface area contributed by atoms with Crippen LogP contribution < -0.4 is 10.6 Å². The Hall–Kier alpha value is -3.97. The van der Waals surface area contributed by atoms with Gasteiger partial charge in [-0.1, -0.05) is 24.3 Å². The zero-order valence-corrected chi connectivity index (χ0v) is 23.9. The molecule has 0 saturated carbocycles. The number of ether oxygens (including phenoxy) is 2. The minimum Gasteiger partial charge on any atom is -0.447 e. The molecular formula is C32H31F7N2O4. The van der Waals surface area contributed by atoms with Crippen LogP contribution in [0.2, 0.25) is 0 Å². The number of rotatable bonds is 12. The number of carbonyl (C=O) groups is 2. The summed E-state index contributed by atoms with van der Waals surface area (Å²) >= 11 is 0. The second kappa shape index (κ2) is 15.3. The number of morpholine rings is 1. The summed E-state index contributed by atoms with van der Waals surface area (Å²) in [4.78, 5) is 24.9. The van der Waals surface area contributed by atoms with E-state index in [-0.39, 0.29) is 49.3 Å². The molecule has 2 N–H and O–H groups in total. The molecule has 4 rings (SSSR count). The molecular weight excluding hydrogens is 609 g/mol. The van der Waals surface area contributed by atoms with Crippen molar-refractivity contribution in [3.63, 3.8) is 0 Å². The van der Waals surface area contributed by atoms with Crippen LogP contribution in [0.3, 0.4) is 0 Å². The Morgan fingerprint density at radius 3 is 2.29 bits per heavy atom. The number of alkyl halides is 3.